The van der Waals surface area contributed by atoms with Gasteiger partial charge in [0.15, 0.2) is 0 Å². The lowest BCUT2D eigenvalue weighted by molar-refractivity contribution is 0.0891. The van der Waals surface area contributed by atoms with Gasteiger partial charge in [-0.25, -0.2) is 8.78 Å². The van der Waals surface area contributed by atoms with Gasteiger partial charge in [-0.3, -0.25) is 4.79 Å². The van der Waals surface area contributed by atoms with Crippen molar-refractivity contribution in [2.24, 2.45) is 0 Å². The van der Waals surface area contributed by atoms with Crippen molar-refractivity contribution in [2.45, 2.75) is 6.43 Å². The number of rotatable bonds is 3. The summed E-state index contributed by atoms with van der Waals surface area (Å²) in [4.78, 5) is 11.3. The number of phenolic OH excluding ortho intramolecular Hbond substituents is 1. The number of hydrogen-bond donors (Lipinski definition) is 2. The van der Waals surface area contributed by atoms with Gasteiger partial charge in [0.2, 0.25) is 0 Å². The minimum Gasteiger partial charge on any atom is -0.507 e. The Hall–Kier alpha value is -0.920. The molecule has 0 bridgehead atoms. The van der Waals surface area contributed by atoms with Crippen LogP contribution in [0.4, 0.5) is 8.78 Å². The van der Waals surface area contributed by atoms with Crippen molar-refractivity contribution >= 4 is 28.5 Å². The van der Waals surface area contributed by atoms with Crippen LogP contribution in [-0.4, -0.2) is 24.0 Å². The molecule has 1 amide bonds. The van der Waals surface area contributed by atoms with E-state index in [1.807, 2.05) is 27.9 Å². The van der Waals surface area contributed by atoms with E-state index in [0.717, 1.165) is 0 Å². The Labute approximate surface area is 98.6 Å². The van der Waals surface area contributed by atoms with E-state index in [0.29, 0.717) is 3.57 Å². The maximum atomic E-state index is 11.8. The third kappa shape index (κ3) is 3.61. The van der Waals surface area contributed by atoms with Gasteiger partial charge in [-0.15, -0.1) is 0 Å². The minimum absolute atomic E-state index is 0.0414. The van der Waals surface area contributed by atoms with Crippen molar-refractivity contribution in [3.05, 3.63) is 27.3 Å². The van der Waals surface area contributed by atoms with Gasteiger partial charge in [-0.05, 0) is 40.8 Å². The number of halogens is 3. The molecule has 3 nitrogen and oxygen atoms in total. The van der Waals surface area contributed by atoms with Crippen molar-refractivity contribution in [2.75, 3.05) is 6.54 Å². The van der Waals surface area contributed by atoms with Crippen LogP contribution < -0.4 is 5.32 Å². The Morgan fingerprint density at radius 3 is 2.73 bits per heavy atom. The Morgan fingerprint density at radius 1 is 1.53 bits per heavy atom. The van der Waals surface area contributed by atoms with Gasteiger partial charge in [0, 0.05) is 5.56 Å². The van der Waals surface area contributed by atoms with E-state index in [9.17, 15) is 18.7 Å². The SMILES string of the molecule is O=C(NCC(F)F)c1ccc(I)c(O)c1. The van der Waals surface area contributed by atoms with E-state index in [4.69, 9.17) is 0 Å². The summed E-state index contributed by atoms with van der Waals surface area (Å²) < 4.78 is 24.2. The fourth-order valence-corrected chi connectivity index (χ4v) is 1.26. The molecule has 6 heteroatoms. The zero-order chi connectivity index (χ0) is 11.4. The molecule has 0 aliphatic rings. The molecule has 1 rings (SSSR count). The molecule has 0 saturated carbocycles. The van der Waals surface area contributed by atoms with Crippen molar-refractivity contribution in [1.29, 1.82) is 0 Å². The number of amides is 1. The van der Waals surface area contributed by atoms with E-state index in [-0.39, 0.29) is 11.3 Å². The number of hydrogen-bond acceptors (Lipinski definition) is 2. The van der Waals surface area contributed by atoms with E-state index >= 15 is 0 Å². The molecule has 0 saturated heterocycles. The Bertz CT molecular complexity index is 371. The molecule has 0 aliphatic carbocycles. The van der Waals surface area contributed by atoms with Gasteiger partial charge in [0.05, 0.1) is 10.1 Å². The predicted molar refractivity (Wildman–Crippen MR) is 59.2 cm³/mol. The van der Waals surface area contributed by atoms with Crippen LogP contribution in [-0.2, 0) is 0 Å². The van der Waals surface area contributed by atoms with Crippen molar-refractivity contribution < 1.29 is 18.7 Å². The molecule has 0 atom stereocenters. The molecular formula is C9H8F2INO2. The van der Waals surface area contributed by atoms with Crippen LogP contribution in [0.25, 0.3) is 0 Å². The highest BCUT2D eigenvalue weighted by Crippen LogP contribution is 2.20. The third-order valence-corrected chi connectivity index (χ3v) is 2.54. The average Bonchev–Trinajstić information content (AvgIpc) is 2.18. The summed E-state index contributed by atoms with van der Waals surface area (Å²) in [5, 5.41) is 11.3. The van der Waals surface area contributed by atoms with Crippen molar-refractivity contribution in [3.8, 4) is 5.75 Å². The number of alkyl halides is 2. The van der Waals surface area contributed by atoms with Gasteiger partial charge in [0.1, 0.15) is 5.75 Å². The van der Waals surface area contributed by atoms with E-state index in [2.05, 4.69) is 0 Å². The standard InChI is InChI=1S/C9H8F2INO2/c10-8(11)4-13-9(15)5-1-2-6(12)7(14)3-5/h1-3,8,14H,4H2,(H,13,15). The molecule has 0 fully saturated rings. The Balaban J connectivity index is 2.70. The number of carbonyl (C=O) groups excluding carboxylic acids is 1. The summed E-state index contributed by atoms with van der Waals surface area (Å²) in [7, 11) is 0. The lowest BCUT2D eigenvalue weighted by Gasteiger charge is -2.05. The molecule has 0 unspecified atom stereocenters. The molecule has 0 spiro atoms. The second kappa shape index (κ2) is 5.24. The average molecular weight is 327 g/mol. The van der Waals surface area contributed by atoms with Gasteiger partial charge in [0.25, 0.3) is 12.3 Å². The first-order valence-electron chi connectivity index (χ1n) is 4.05. The zero-order valence-corrected chi connectivity index (χ0v) is 9.66. The highest BCUT2D eigenvalue weighted by Gasteiger charge is 2.10. The fraction of sp³-hybridized carbons (Fsp3) is 0.222. The number of benzene rings is 1. The molecule has 0 radical (unpaired) electrons. The Kier molecular flexibility index (Phi) is 4.25. The van der Waals surface area contributed by atoms with Crippen molar-refractivity contribution in [1.82, 2.24) is 5.32 Å². The van der Waals surface area contributed by atoms with Gasteiger partial charge in [-0.2, -0.15) is 0 Å². The summed E-state index contributed by atoms with van der Waals surface area (Å²) in [6.07, 6.45) is -2.58. The number of carbonyl (C=O) groups is 1. The van der Waals surface area contributed by atoms with Crippen LogP contribution in [0.2, 0.25) is 0 Å². The lowest BCUT2D eigenvalue weighted by atomic mass is 10.2. The molecule has 15 heavy (non-hydrogen) atoms. The summed E-state index contributed by atoms with van der Waals surface area (Å²) in [6.45, 7) is -0.689. The van der Waals surface area contributed by atoms with Gasteiger partial charge >= 0.3 is 0 Å². The monoisotopic (exact) mass is 327 g/mol. The van der Waals surface area contributed by atoms with Crippen LogP contribution in [0.3, 0.4) is 0 Å². The molecule has 0 heterocycles. The fourth-order valence-electron chi connectivity index (χ4n) is 0.926. The highest BCUT2D eigenvalue weighted by atomic mass is 127. The summed E-state index contributed by atoms with van der Waals surface area (Å²) in [5.74, 6) is -0.665. The first-order chi connectivity index (χ1) is 7.00. The second-order valence-corrected chi connectivity index (χ2v) is 3.93. The molecule has 0 aliphatic heterocycles. The maximum absolute atomic E-state index is 11.8. The van der Waals surface area contributed by atoms with E-state index in [1.165, 1.54) is 18.2 Å². The summed E-state index contributed by atoms with van der Waals surface area (Å²) in [6, 6.07) is 4.23. The molecule has 0 aromatic heterocycles. The Morgan fingerprint density at radius 2 is 2.20 bits per heavy atom. The topological polar surface area (TPSA) is 49.3 Å². The molecule has 82 valence electrons. The number of aromatic hydroxyl groups is 1. The first-order valence-corrected chi connectivity index (χ1v) is 5.13. The van der Waals surface area contributed by atoms with Crippen LogP contribution in [0.1, 0.15) is 10.4 Å². The second-order valence-electron chi connectivity index (χ2n) is 2.77. The van der Waals surface area contributed by atoms with Crippen molar-refractivity contribution in [3.63, 3.8) is 0 Å². The van der Waals surface area contributed by atoms with Crippen LogP contribution >= 0.6 is 22.6 Å². The highest BCUT2D eigenvalue weighted by molar-refractivity contribution is 14.1. The maximum Gasteiger partial charge on any atom is 0.255 e. The quantitative estimate of drug-likeness (QED) is 0.835. The summed E-state index contributed by atoms with van der Waals surface area (Å²) >= 11 is 1.89. The lowest BCUT2D eigenvalue weighted by Crippen LogP contribution is -2.28. The van der Waals surface area contributed by atoms with Gasteiger partial charge in [-0.1, -0.05) is 0 Å². The largest absolute Gasteiger partial charge is 0.507 e. The molecule has 2 N–H and O–H groups in total. The normalized spacial score (nSPS) is 10.4. The zero-order valence-electron chi connectivity index (χ0n) is 7.51. The van der Waals surface area contributed by atoms with Crippen LogP contribution in [0, 0.1) is 3.57 Å². The molecule has 1 aromatic rings. The smallest absolute Gasteiger partial charge is 0.255 e. The summed E-state index contributed by atoms with van der Waals surface area (Å²) in [5.41, 5.74) is 0.161. The van der Waals surface area contributed by atoms with Crippen LogP contribution in [0.5, 0.6) is 5.75 Å². The first kappa shape index (κ1) is 12.2. The van der Waals surface area contributed by atoms with E-state index < -0.39 is 18.9 Å². The third-order valence-electron chi connectivity index (χ3n) is 1.63. The van der Waals surface area contributed by atoms with Gasteiger partial charge < -0.3 is 10.4 Å². The molecular weight excluding hydrogens is 319 g/mol. The minimum atomic E-state index is -2.58. The molecule has 1 aromatic carbocycles. The number of phenols is 1. The predicted octanol–water partition coefficient (Wildman–Crippen LogP) is 1.99. The number of nitrogens with one attached hydrogen (secondary N) is 1. The van der Waals surface area contributed by atoms with Crippen LogP contribution in [0.15, 0.2) is 18.2 Å². The van der Waals surface area contributed by atoms with E-state index in [1.54, 1.807) is 0 Å².